The van der Waals surface area contributed by atoms with E-state index >= 15 is 0 Å². The lowest BCUT2D eigenvalue weighted by molar-refractivity contribution is 1.24. The molecule has 0 amide bonds. The van der Waals surface area contributed by atoms with E-state index in [1.165, 1.54) is 0 Å². The van der Waals surface area contributed by atoms with E-state index in [0.717, 1.165) is 21.3 Å². The summed E-state index contributed by atoms with van der Waals surface area (Å²) in [6.45, 7) is 7.98. The highest BCUT2D eigenvalue weighted by molar-refractivity contribution is 5.90. The van der Waals surface area contributed by atoms with Crippen molar-refractivity contribution in [2.24, 2.45) is 0 Å². The van der Waals surface area contributed by atoms with Crippen LogP contribution in [0.25, 0.3) is 22.9 Å². The van der Waals surface area contributed by atoms with Crippen molar-refractivity contribution in [3.63, 3.8) is 0 Å². The second-order valence-electron chi connectivity index (χ2n) is 3.29. The Morgan fingerprint density at radius 2 is 1.76 bits per heavy atom. The van der Waals surface area contributed by atoms with E-state index in [0.29, 0.717) is 5.82 Å². The van der Waals surface area contributed by atoms with E-state index < -0.39 is 0 Å². The molecule has 0 bridgehead atoms. The van der Waals surface area contributed by atoms with Crippen molar-refractivity contribution in [2.45, 2.75) is 27.7 Å². The molecule has 2 aromatic rings. The number of nitrogens with two attached hydrogens (primary N) is 1. The van der Waals surface area contributed by atoms with Crippen LogP contribution in [-0.2, 0) is 0 Å². The lowest BCUT2D eigenvalue weighted by atomic mass is 10.1. The fourth-order valence-corrected chi connectivity index (χ4v) is 1.73. The minimum Gasteiger partial charge on any atom is -0.383 e. The highest BCUT2D eigenvalue weighted by Crippen LogP contribution is 2.11. The van der Waals surface area contributed by atoms with Crippen LogP contribution in [0.2, 0.25) is 0 Å². The highest BCUT2D eigenvalue weighted by atomic mass is 14.8. The molecule has 0 unspecified atom stereocenters. The van der Waals surface area contributed by atoms with Gasteiger partial charge in [0.05, 0.1) is 5.35 Å². The van der Waals surface area contributed by atoms with Crippen molar-refractivity contribution in [2.75, 3.05) is 5.73 Å². The van der Waals surface area contributed by atoms with E-state index in [2.05, 4.69) is 9.97 Å². The Balaban J connectivity index is 0.000000686. The summed E-state index contributed by atoms with van der Waals surface area (Å²) in [5.74, 6) is 0.533. The number of hydrogen-bond donors (Lipinski definition) is 1. The van der Waals surface area contributed by atoms with Crippen LogP contribution in [0.1, 0.15) is 27.7 Å². The van der Waals surface area contributed by atoms with Gasteiger partial charge in [-0.05, 0) is 25.3 Å². The molecule has 3 heteroatoms. The van der Waals surface area contributed by atoms with E-state index in [1.54, 1.807) is 12.4 Å². The second-order valence-corrected chi connectivity index (χ2v) is 3.29. The Morgan fingerprint density at radius 3 is 2.35 bits per heavy atom. The summed E-state index contributed by atoms with van der Waals surface area (Å²) in [7, 11) is 0. The summed E-state index contributed by atoms with van der Waals surface area (Å²) in [4.78, 5) is 8.40. The van der Waals surface area contributed by atoms with Crippen LogP contribution in [0.4, 0.5) is 5.82 Å². The van der Waals surface area contributed by atoms with Crippen LogP contribution in [0, 0.1) is 0 Å². The van der Waals surface area contributed by atoms with Gasteiger partial charge in [-0.3, -0.25) is 4.98 Å². The number of hydrogen-bond acceptors (Lipinski definition) is 3. The molecule has 0 fully saturated rings. The molecule has 0 aliphatic carbocycles. The van der Waals surface area contributed by atoms with E-state index in [1.807, 2.05) is 45.9 Å². The zero-order valence-corrected chi connectivity index (χ0v) is 10.9. The molecular formula is C14H19N3. The molecule has 2 N–H and O–H groups in total. The maximum absolute atomic E-state index is 5.80. The molecule has 2 heterocycles. The second kappa shape index (κ2) is 5.99. The minimum absolute atomic E-state index is 0.533. The SMILES string of the molecule is C/C=c1\c(=C/C)ncc2c(N)nccc12.CC. The van der Waals surface area contributed by atoms with Crippen LogP contribution in [0.5, 0.6) is 0 Å². The molecule has 0 spiro atoms. The average molecular weight is 229 g/mol. The highest BCUT2D eigenvalue weighted by Gasteiger charge is 2.00. The third kappa shape index (κ3) is 2.44. The first-order valence-electron chi connectivity index (χ1n) is 5.90. The molecule has 0 aliphatic rings. The molecule has 0 aromatic carbocycles. The third-order valence-electron chi connectivity index (χ3n) is 2.48. The molecule has 2 rings (SSSR count). The van der Waals surface area contributed by atoms with Crippen molar-refractivity contribution in [3.8, 4) is 0 Å². The van der Waals surface area contributed by atoms with Gasteiger partial charge < -0.3 is 5.73 Å². The first-order valence-corrected chi connectivity index (χ1v) is 5.90. The topological polar surface area (TPSA) is 51.8 Å². The zero-order chi connectivity index (χ0) is 12.8. The molecule has 0 aliphatic heterocycles. The van der Waals surface area contributed by atoms with Crippen LogP contribution in [-0.4, -0.2) is 9.97 Å². The monoisotopic (exact) mass is 229 g/mol. The van der Waals surface area contributed by atoms with Gasteiger partial charge in [-0.15, -0.1) is 0 Å². The molecular weight excluding hydrogens is 210 g/mol. The Kier molecular flexibility index (Phi) is 4.64. The standard InChI is InChI=1S/C12H13N3.C2H6/c1-3-8-9-5-6-14-12(13)10(9)7-15-11(8)4-2;1-2/h3-7H,1-2H3,(H2,13,14);1-2H3/b8-3-,11-4+;. The van der Waals surface area contributed by atoms with Gasteiger partial charge in [-0.25, -0.2) is 4.98 Å². The number of pyridine rings is 2. The van der Waals surface area contributed by atoms with Gasteiger partial charge in [0, 0.05) is 23.0 Å². The van der Waals surface area contributed by atoms with Gasteiger partial charge in [0.15, 0.2) is 0 Å². The summed E-state index contributed by atoms with van der Waals surface area (Å²) in [5, 5.41) is 4.11. The van der Waals surface area contributed by atoms with Gasteiger partial charge in [0.1, 0.15) is 5.82 Å². The van der Waals surface area contributed by atoms with Crippen molar-refractivity contribution >= 4 is 28.7 Å². The Labute approximate surface area is 102 Å². The van der Waals surface area contributed by atoms with Gasteiger partial charge in [-0.2, -0.15) is 0 Å². The van der Waals surface area contributed by atoms with Crippen LogP contribution >= 0.6 is 0 Å². The Bertz CT molecular complexity index is 615. The van der Waals surface area contributed by atoms with Crippen molar-refractivity contribution in [1.29, 1.82) is 0 Å². The molecule has 90 valence electrons. The molecule has 0 saturated carbocycles. The first-order chi connectivity index (χ1) is 8.27. The Morgan fingerprint density at radius 1 is 1.06 bits per heavy atom. The van der Waals surface area contributed by atoms with Crippen molar-refractivity contribution in [1.82, 2.24) is 9.97 Å². The average Bonchev–Trinajstić information content (AvgIpc) is 2.40. The van der Waals surface area contributed by atoms with Crippen LogP contribution in [0.3, 0.4) is 0 Å². The quantitative estimate of drug-likeness (QED) is 0.750. The maximum atomic E-state index is 5.80. The fraction of sp³-hybridized carbons (Fsp3) is 0.286. The van der Waals surface area contributed by atoms with E-state index in [4.69, 9.17) is 5.73 Å². The van der Waals surface area contributed by atoms with E-state index in [9.17, 15) is 0 Å². The predicted molar refractivity (Wildman–Crippen MR) is 74.8 cm³/mol. The number of nitrogens with zero attached hydrogens (tertiary/aromatic N) is 2. The van der Waals surface area contributed by atoms with Gasteiger partial charge >= 0.3 is 0 Å². The number of fused-ring (bicyclic) bond motifs is 1. The Hall–Kier alpha value is -1.90. The summed E-state index contributed by atoms with van der Waals surface area (Å²) in [6, 6.07) is 1.97. The van der Waals surface area contributed by atoms with Gasteiger partial charge in [0.25, 0.3) is 0 Å². The largest absolute Gasteiger partial charge is 0.383 e. The maximum Gasteiger partial charge on any atom is 0.132 e. The lowest BCUT2D eigenvalue weighted by Gasteiger charge is -2.01. The molecule has 0 atom stereocenters. The molecule has 3 nitrogen and oxygen atoms in total. The van der Waals surface area contributed by atoms with Crippen LogP contribution < -0.4 is 16.3 Å². The summed E-state index contributed by atoms with van der Waals surface area (Å²) < 4.78 is 0. The van der Waals surface area contributed by atoms with Crippen molar-refractivity contribution < 1.29 is 0 Å². The lowest BCUT2D eigenvalue weighted by Crippen LogP contribution is -2.28. The molecule has 17 heavy (non-hydrogen) atoms. The summed E-state index contributed by atoms with van der Waals surface area (Å²) >= 11 is 0. The van der Waals surface area contributed by atoms with E-state index in [-0.39, 0.29) is 0 Å². The number of aromatic nitrogens is 2. The normalized spacial score (nSPS) is 12.5. The minimum atomic E-state index is 0.533. The van der Waals surface area contributed by atoms with Gasteiger partial charge in [-0.1, -0.05) is 26.0 Å². The smallest absolute Gasteiger partial charge is 0.132 e. The molecule has 0 saturated heterocycles. The van der Waals surface area contributed by atoms with Gasteiger partial charge in [0.2, 0.25) is 0 Å². The fourth-order valence-electron chi connectivity index (χ4n) is 1.73. The summed E-state index contributed by atoms with van der Waals surface area (Å²) in [5.41, 5.74) is 5.80. The molecule has 0 radical (unpaired) electrons. The van der Waals surface area contributed by atoms with Crippen LogP contribution in [0.15, 0.2) is 18.5 Å². The zero-order valence-electron chi connectivity index (χ0n) is 10.9. The first kappa shape index (κ1) is 13.2. The predicted octanol–water partition coefficient (Wildman–Crippen LogP) is 1.84. The number of anilines is 1. The number of rotatable bonds is 0. The third-order valence-corrected chi connectivity index (χ3v) is 2.48. The molecule has 2 aromatic heterocycles. The van der Waals surface area contributed by atoms with Crippen molar-refractivity contribution in [3.05, 3.63) is 29.0 Å². The summed E-state index contributed by atoms with van der Waals surface area (Å²) in [6.07, 6.45) is 7.54. The number of nitrogen functional groups attached to an aromatic ring is 1.